The molecule has 0 aliphatic carbocycles. The van der Waals surface area contributed by atoms with E-state index in [4.69, 9.17) is 9.97 Å². The molecule has 3 heterocycles. The minimum Gasteiger partial charge on any atom is -0.309 e. The maximum Gasteiger partial charge on any atom is 0.160 e. The summed E-state index contributed by atoms with van der Waals surface area (Å²) in [4.78, 5) is 10.0. The summed E-state index contributed by atoms with van der Waals surface area (Å²) in [5.41, 5.74) is 13.4. The summed E-state index contributed by atoms with van der Waals surface area (Å²) in [6, 6.07) is 69.1. The summed E-state index contributed by atoms with van der Waals surface area (Å²) in [7, 11) is 0. The number of fused-ring (bicyclic) bond motifs is 7. The summed E-state index contributed by atoms with van der Waals surface area (Å²) >= 11 is 0. The van der Waals surface area contributed by atoms with Crippen molar-refractivity contribution in [1.82, 2.24) is 19.1 Å². The van der Waals surface area contributed by atoms with Gasteiger partial charge in [-0.3, -0.25) is 0 Å². The van der Waals surface area contributed by atoms with Crippen molar-refractivity contribution in [1.29, 1.82) is 0 Å². The second-order valence-electron chi connectivity index (χ2n) is 13.8. The Kier molecular flexibility index (Phi) is 6.82. The molecule has 0 bridgehead atoms. The van der Waals surface area contributed by atoms with E-state index in [2.05, 4.69) is 179 Å². The highest BCUT2D eigenvalue weighted by Crippen LogP contribution is 2.39. The van der Waals surface area contributed by atoms with Crippen LogP contribution in [-0.4, -0.2) is 19.1 Å². The standard InChI is InChI=1S/C50H32N4/c1-3-13-34(14-4-1)50-51-44-20-10-7-19-41(44)49(52-50)33-23-27-38(28-24-33)54-46-22-12-9-18-40(46)43-32-36(26-30-48(43)54)35-25-29-47-42(31-35)39-17-8-11-21-45(39)53(47)37-15-5-2-6-16-37/h1-32H. The van der Waals surface area contributed by atoms with Crippen molar-refractivity contribution < 1.29 is 0 Å². The lowest BCUT2D eigenvalue weighted by Crippen LogP contribution is -1.96. The molecule has 252 valence electrons. The van der Waals surface area contributed by atoms with Gasteiger partial charge in [0.1, 0.15) is 0 Å². The lowest BCUT2D eigenvalue weighted by molar-refractivity contribution is 1.18. The lowest BCUT2D eigenvalue weighted by Gasteiger charge is -2.12. The van der Waals surface area contributed by atoms with Crippen LogP contribution in [0.1, 0.15) is 0 Å². The third-order valence-electron chi connectivity index (χ3n) is 10.7. The van der Waals surface area contributed by atoms with E-state index in [0.717, 1.165) is 39.2 Å². The van der Waals surface area contributed by atoms with Crippen LogP contribution in [-0.2, 0) is 0 Å². The van der Waals surface area contributed by atoms with Gasteiger partial charge < -0.3 is 9.13 Å². The predicted octanol–water partition coefficient (Wildman–Crippen LogP) is 12.8. The first kappa shape index (κ1) is 30.3. The lowest BCUT2D eigenvalue weighted by atomic mass is 10.0. The number of para-hydroxylation sites is 4. The summed E-state index contributed by atoms with van der Waals surface area (Å²) in [6.07, 6.45) is 0. The van der Waals surface area contributed by atoms with Crippen molar-refractivity contribution in [2.45, 2.75) is 0 Å². The largest absolute Gasteiger partial charge is 0.309 e. The Morgan fingerprint density at radius 2 is 0.759 bits per heavy atom. The monoisotopic (exact) mass is 688 g/mol. The Morgan fingerprint density at radius 1 is 0.296 bits per heavy atom. The maximum atomic E-state index is 5.11. The predicted molar refractivity (Wildman–Crippen MR) is 225 cm³/mol. The van der Waals surface area contributed by atoms with Crippen LogP contribution in [0.2, 0.25) is 0 Å². The van der Waals surface area contributed by atoms with Gasteiger partial charge in [0.2, 0.25) is 0 Å². The normalized spacial score (nSPS) is 11.7. The van der Waals surface area contributed by atoms with Crippen LogP contribution in [0.3, 0.4) is 0 Å². The number of rotatable bonds is 5. The highest BCUT2D eigenvalue weighted by Gasteiger charge is 2.17. The molecule has 3 aromatic heterocycles. The second kappa shape index (κ2) is 12.1. The van der Waals surface area contributed by atoms with Crippen LogP contribution >= 0.6 is 0 Å². The molecule has 11 rings (SSSR count). The van der Waals surface area contributed by atoms with E-state index in [0.29, 0.717) is 0 Å². The van der Waals surface area contributed by atoms with Gasteiger partial charge in [0, 0.05) is 49.4 Å². The molecule has 4 heteroatoms. The van der Waals surface area contributed by atoms with Crippen LogP contribution in [0.15, 0.2) is 194 Å². The van der Waals surface area contributed by atoms with E-state index in [9.17, 15) is 0 Å². The zero-order valence-electron chi connectivity index (χ0n) is 29.3. The molecule has 0 atom stereocenters. The molecule has 54 heavy (non-hydrogen) atoms. The molecule has 0 fully saturated rings. The molecule has 11 aromatic rings. The molecule has 0 saturated heterocycles. The Morgan fingerprint density at radius 3 is 1.37 bits per heavy atom. The molecule has 0 spiro atoms. The highest BCUT2D eigenvalue weighted by molar-refractivity contribution is 6.12. The first-order valence-corrected chi connectivity index (χ1v) is 18.3. The summed E-state index contributed by atoms with van der Waals surface area (Å²) in [6.45, 7) is 0. The second-order valence-corrected chi connectivity index (χ2v) is 13.8. The van der Waals surface area contributed by atoms with Crippen molar-refractivity contribution in [2.24, 2.45) is 0 Å². The van der Waals surface area contributed by atoms with Gasteiger partial charge in [-0.1, -0.05) is 127 Å². The Balaban J connectivity index is 1.03. The van der Waals surface area contributed by atoms with Crippen LogP contribution in [0.4, 0.5) is 0 Å². The third-order valence-corrected chi connectivity index (χ3v) is 10.7. The molecule has 0 saturated carbocycles. The van der Waals surface area contributed by atoms with Crippen LogP contribution in [0.25, 0.3) is 99.7 Å². The van der Waals surface area contributed by atoms with E-state index in [1.54, 1.807) is 0 Å². The quantitative estimate of drug-likeness (QED) is 0.180. The maximum absolute atomic E-state index is 5.11. The average molecular weight is 689 g/mol. The molecule has 0 amide bonds. The van der Waals surface area contributed by atoms with Gasteiger partial charge in [-0.25, -0.2) is 9.97 Å². The van der Waals surface area contributed by atoms with Crippen LogP contribution in [0.5, 0.6) is 0 Å². The zero-order chi connectivity index (χ0) is 35.6. The fourth-order valence-corrected chi connectivity index (χ4v) is 8.22. The number of aromatic nitrogens is 4. The Hall–Kier alpha value is -7.30. The van der Waals surface area contributed by atoms with E-state index >= 15 is 0 Å². The molecule has 0 unspecified atom stereocenters. The minimum absolute atomic E-state index is 0.729. The fourth-order valence-electron chi connectivity index (χ4n) is 8.22. The smallest absolute Gasteiger partial charge is 0.160 e. The van der Waals surface area contributed by atoms with Gasteiger partial charge in [-0.2, -0.15) is 0 Å². The molecule has 0 N–H and O–H groups in total. The zero-order valence-corrected chi connectivity index (χ0v) is 29.3. The van der Waals surface area contributed by atoms with Crippen molar-refractivity contribution in [2.75, 3.05) is 0 Å². The molecule has 4 nitrogen and oxygen atoms in total. The Bertz CT molecular complexity index is 3190. The van der Waals surface area contributed by atoms with Crippen molar-refractivity contribution in [3.05, 3.63) is 194 Å². The van der Waals surface area contributed by atoms with Crippen molar-refractivity contribution in [3.63, 3.8) is 0 Å². The van der Waals surface area contributed by atoms with Crippen molar-refractivity contribution in [3.8, 4) is 45.1 Å². The molecule has 8 aromatic carbocycles. The fraction of sp³-hybridized carbons (Fsp3) is 0. The molecule has 0 radical (unpaired) electrons. The number of hydrogen-bond donors (Lipinski definition) is 0. The van der Waals surface area contributed by atoms with E-state index in [-0.39, 0.29) is 0 Å². The van der Waals surface area contributed by atoms with E-state index < -0.39 is 0 Å². The number of nitrogens with zero attached hydrogens (tertiary/aromatic N) is 4. The van der Waals surface area contributed by atoms with Gasteiger partial charge in [0.05, 0.1) is 33.3 Å². The van der Waals surface area contributed by atoms with E-state index in [1.807, 2.05) is 24.3 Å². The first-order valence-electron chi connectivity index (χ1n) is 18.3. The molecule has 0 aliphatic heterocycles. The molecule has 0 aliphatic rings. The number of benzene rings is 8. The van der Waals surface area contributed by atoms with E-state index in [1.165, 1.54) is 60.4 Å². The van der Waals surface area contributed by atoms with Crippen molar-refractivity contribution >= 4 is 54.5 Å². The molecular formula is C50H32N4. The van der Waals surface area contributed by atoms with Gasteiger partial charge in [0.25, 0.3) is 0 Å². The summed E-state index contributed by atoms with van der Waals surface area (Å²) < 4.78 is 4.74. The minimum atomic E-state index is 0.729. The number of hydrogen-bond acceptors (Lipinski definition) is 2. The van der Waals surface area contributed by atoms with Crippen LogP contribution in [0, 0.1) is 0 Å². The summed E-state index contributed by atoms with van der Waals surface area (Å²) in [5, 5.41) is 6.01. The average Bonchev–Trinajstić information content (AvgIpc) is 3.76. The highest BCUT2D eigenvalue weighted by atomic mass is 15.0. The Labute approximate surface area is 311 Å². The van der Waals surface area contributed by atoms with Gasteiger partial charge >= 0.3 is 0 Å². The first-order chi connectivity index (χ1) is 26.8. The SMILES string of the molecule is c1ccc(-c2nc(-c3ccc(-n4c5ccccc5c5cc(-c6ccc7c(c6)c6ccccc6n7-c6ccccc6)ccc54)cc3)c3ccccc3n2)cc1. The summed E-state index contributed by atoms with van der Waals surface area (Å²) in [5.74, 6) is 0.729. The third kappa shape index (κ3) is 4.78. The topological polar surface area (TPSA) is 35.6 Å². The van der Waals surface area contributed by atoms with Gasteiger partial charge in [-0.05, 0) is 77.9 Å². The molecular weight excluding hydrogens is 657 g/mol. The van der Waals surface area contributed by atoms with Gasteiger partial charge in [-0.15, -0.1) is 0 Å². The van der Waals surface area contributed by atoms with Crippen LogP contribution < -0.4 is 0 Å². The van der Waals surface area contributed by atoms with Gasteiger partial charge in [0.15, 0.2) is 5.82 Å².